The van der Waals surface area contributed by atoms with Crippen LogP contribution in [-0.4, -0.2) is 7.05 Å². The van der Waals surface area contributed by atoms with Crippen LogP contribution in [-0.2, 0) is 0 Å². The van der Waals surface area contributed by atoms with Gasteiger partial charge in [0.1, 0.15) is 5.70 Å². The molecule has 3 nitrogen and oxygen atoms in total. The van der Waals surface area contributed by atoms with Gasteiger partial charge in [-0.2, -0.15) is 5.11 Å². The summed E-state index contributed by atoms with van der Waals surface area (Å²) in [7, 11) is 1.90. The molecule has 0 aliphatic carbocycles. The Kier molecular flexibility index (Phi) is 2.37. The van der Waals surface area contributed by atoms with Crippen molar-refractivity contribution in [3.05, 3.63) is 47.8 Å². The Morgan fingerprint density at radius 2 is 2.13 bits per heavy atom. The SMILES string of the molecule is C=C(C1=CN=N1)c1cc(C)ccc1NC. The highest BCUT2D eigenvalue weighted by atomic mass is 15.2. The largest absolute Gasteiger partial charge is 0.388 e. The van der Waals surface area contributed by atoms with E-state index < -0.39 is 0 Å². The second-order valence-corrected chi connectivity index (χ2v) is 3.51. The molecule has 0 amide bonds. The van der Waals surface area contributed by atoms with E-state index in [4.69, 9.17) is 0 Å². The highest BCUT2D eigenvalue weighted by Gasteiger charge is 2.12. The Balaban J connectivity index is 2.41. The van der Waals surface area contributed by atoms with Crippen molar-refractivity contribution in [2.75, 3.05) is 12.4 Å². The molecule has 0 fully saturated rings. The molecule has 0 bridgehead atoms. The first-order chi connectivity index (χ1) is 7.22. The molecule has 2 rings (SSSR count). The van der Waals surface area contributed by atoms with E-state index in [1.165, 1.54) is 5.56 Å². The maximum Gasteiger partial charge on any atom is 0.113 e. The summed E-state index contributed by atoms with van der Waals surface area (Å²) in [6.45, 7) is 6.10. The number of benzene rings is 1. The topological polar surface area (TPSA) is 36.8 Å². The van der Waals surface area contributed by atoms with Crippen molar-refractivity contribution in [1.29, 1.82) is 0 Å². The number of aryl methyl sites for hydroxylation is 1. The fraction of sp³-hybridized carbons (Fsp3) is 0.167. The maximum atomic E-state index is 4.03. The van der Waals surface area contributed by atoms with Gasteiger partial charge in [0.2, 0.25) is 0 Å². The number of hydrogen-bond donors (Lipinski definition) is 1. The maximum absolute atomic E-state index is 4.03. The van der Waals surface area contributed by atoms with E-state index in [0.717, 1.165) is 22.5 Å². The predicted octanol–water partition coefficient (Wildman–Crippen LogP) is 3.36. The molecule has 0 saturated carbocycles. The third kappa shape index (κ3) is 1.68. The number of hydrogen-bond acceptors (Lipinski definition) is 3. The summed E-state index contributed by atoms with van der Waals surface area (Å²) >= 11 is 0. The average Bonchev–Trinajstić information content (AvgIpc) is 2.15. The molecule has 1 N–H and O–H groups in total. The standard InChI is InChI=1S/C12H13N3/c1-8-4-5-11(13-3)10(6-8)9(2)12-7-14-15-12/h4-7,13H,2H2,1,3H3. The zero-order valence-corrected chi connectivity index (χ0v) is 8.91. The van der Waals surface area contributed by atoms with Crippen LogP contribution in [0.1, 0.15) is 11.1 Å². The summed E-state index contributed by atoms with van der Waals surface area (Å²) in [6.07, 6.45) is 1.73. The third-order valence-corrected chi connectivity index (χ3v) is 2.42. The van der Waals surface area contributed by atoms with Gasteiger partial charge in [0.05, 0.1) is 6.20 Å². The van der Waals surface area contributed by atoms with E-state index in [-0.39, 0.29) is 0 Å². The van der Waals surface area contributed by atoms with Crippen LogP contribution in [0.15, 0.2) is 46.9 Å². The van der Waals surface area contributed by atoms with E-state index >= 15 is 0 Å². The summed E-state index contributed by atoms with van der Waals surface area (Å²) in [6, 6.07) is 6.22. The molecule has 1 aliphatic heterocycles. The molecule has 0 spiro atoms. The minimum absolute atomic E-state index is 0.858. The van der Waals surface area contributed by atoms with Gasteiger partial charge in [-0.1, -0.05) is 18.2 Å². The van der Waals surface area contributed by atoms with Gasteiger partial charge in [0.25, 0.3) is 0 Å². The van der Waals surface area contributed by atoms with Crippen molar-refractivity contribution in [3.63, 3.8) is 0 Å². The second-order valence-electron chi connectivity index (χ2n) is 3.51. The van der Waals surface area contributed by atoms with Crippen LogP contribution in [0, 0.1) is 6.92 Å². The molecule has 0 aromatic heterocycles. The second kappa shape index (κ2) is 3.69. The van der Waals surface area contributed by atoms with Crippen molar-refractivity contribution in [1.82, 2.24) is 0 Å². The predicted molar refractivity (Wildman–Crippen MR) is 62.7 cm³/mol. The van der Waals surface area contributed by atoms with Crippen LogP contribution in [0.3, 0.4) is 0 Å². The van der Waals surface area contributed by atoms with Crippen LogP contribution in [0.2, 0.25) is 0 Å². The molecule has 1 aromatic carbocycles. The monoisotopic (exact) mass is 199 g/mol. The van der Waals surface area contributed by atoms with Gasteiger partial charge in [-0.3, -0.25) is 0 Å². The minimum atomic E-state index is 0.858. The van der Waals surface area contributed by atoms with Gasteiger partial charge in [0.15, 0.2) is 0 Å². The first kappa shape index (κ1) is 9.65. The summed E-state index contributed by atoms with van der Waals surface area (Å²) < 4.78 is 0. The molecular formula is C12H13N3. The van der Waals surface area contributed by atoms with Crippen molar-refractivity contribution in [2.45, 2.75) is 6.92 Å². The third-order valence-electron chi connectivity index (χ3n) is 2.42. The molecule has 0 saturated heterocycles. The quantitative estimate of drug-likeness (QED) is 0.796. The highest BCUT2D eigenvalue weighted by molar-refractivity contribution is 5.84. The van der Waals surface area contributed by atoms with Crippen LogP contribution >= 0.6 is 0 Å². The zero-order chi connectivity index (χ0) is 10.8. The Labute approximate surface area is 89.2 Å². The molecule has 76 valence electrons. The van der Waals surface area contributed by atoms with Gasteiger partial charge in [-0.15, -0.1) is 5.11 Å². The number of allylic oxidation sites excluding steroid dienone is 1. The smallest absolute Gasteiger partial charge is 0.113 e. The van der Waals surface area contributed by atoms with Crippen molar-refractivity contribution < 1.29 is 0 Å². The number of nitrogens with zero attached hydrogens (tertiary/aromatic N) is 2. The van der Waals surface area contributed by atoms with Gasteiger partial charge < -0.3 is 5.32 Å². The first-order valence-electron chi connectivity index (χ1n) is 4.81. The van der Waals surface area contributed by atoms with Crippen LogP contribution < -0.4 is 5.32 Å². The lowest BCUT2D eigenvalue weighted by atomic mass is 10.0. The van der Waals surface area contributed by atoms with E-state index in [9.17, 15) is 0 Å². The number of nitrogens with one attached hydrogen (secondary N) is 1. The van der Waals surface area contributed by atoms with Crippen molar-refractivity contribution in [2.24, 2.45) is 10.2 Å². The molecule has 0 radical (unpaired) electrons. The summed E-state index contributed by atoms with van der Waals surface area (Å²) in [5.41, 5.74) is 5.13. The Morgan fingerprint density at radius 3 is 2.67 bits per heavy atom. The summed E-state index contributed by atoms with van der Waals surface area (Å²) in [5, 5.41) is 10.8. The Bertz CT molecular complexity index is 470. The number of rotatable bonds is 3. The lowest BCUT2D eigenvalue weighted by Crippen LogP contribution is -1.97. The molecule has 15 heavy (non-hydrogen) atoms. The lowest BCUT2D eigenvalue weighted by molar-refractivity contribution is 1.06. The van der Waals surface area contributed by atoms with Gasteiger partial charge in [0, 0.05) is 23.9 Å². The fourth-order valence-corrected chi connectivity index (χ4v) is 1.52. The van der Waals surface area contributed by atoms with Crippen LogP contribution in [0.25, 0.3) is 5.57 Å². The van der Waals surface area contributed by atoms with E-state index in [1.54, 1.807) is 6.20 Å². The van der Waals surface area contributed by atoms with E-state index in [0.29, 0.717) is 0 Å². The van der Waals surface area contributed by atoms with Gasteiger partial charge in [-0.05, 0) is 19.1 Å². The lowest BCUT2D eigenvalue weighted by Gasteiger charge is -2.14. The summed E-state index contributed by atoms with van der Waals surface area (Å²) in [5.74, 6) is 0. The van der Waals surface area contributed by atoms with Crippen molar-refractivity contribution in [3.8, 4) is 0 Å². The molecule has 0 unspecified atom stereocenters. The Hall–Kier alpha value is -1.90. The van der Waals surface area contributed by atoms with Crippen molar-refractivity contribution >= 4 is 11.3 Å². The van der Waals surface area contributed by atoms with E-state index in [1.807, 2.05) is 13.1 Å². The van der Waals surface area contributed by atoms with Gasteiger partial charge >= 0.3 is 0 Å². The van der Waals surface area contributed by atoms with Crippen LogP contribution in [0.4, 0.5) is 5.69 Å². The normalized spacial score (nSPS) is 13.1. The van der Waals surface area contributed by atoms with E-state index in [2.05, 4.69) is 41.2 Å². The highest BCUT2D eigenvalue weighted by Crippen LogP contribution is 2.32. The number of anilines is 1. The van der Waals surface area contributed by atoms with Gasteiger partial charge in [-0.25, -0.2) is 0 Å². The molecular weight excluding hydrogens is 186 g/mol. The molecule has 1 aliphatic rings. The fourth-order valence-electron chi connectivity index (χ4n) is 1.52. The molecule has 1 aromatic rings. The molecule has 3 heteroatoms. The number of azo groups is 1. The molecule has 1 heterocycles. The minimum Gasteiger partial charge on any atom is -0.388 e. The molecule has 0 atom stereocenters. The Morgan fingerprint density at radius 1 is 1.40 bits per heavy atom. The first-order valence-corrected chi connectivity index (χ1v) is 4.81. The van der Waals surface area contributed by atoms with Crippen LogP contribution in [0.5, 0.6) is 0 Å². The summed E-state index contributed by atoms with van der Waals surface area (Å²) in [4.78, 5) is 0. The zero-order valence-electron chi connectivity index (χ0n) is 8.91. The average molecular weight is 199 g/mol.